The number of hydrogen-bond donors (Lipinski definition) is 1. The number of amides is 1. The summed E-state index contributed by atoms with van der Waals surface area (Å²) in [5.41, 5.74) is 5.13. The lowest BCUT2D eigenvalue weighted by Crippen LogP contribution is -2.13. The second-order valence-corrected chi connectivity index (χ2v) is 5.55. The molecule has 0 saturated heterocycles. The molecule has 0 fully saturated rings. The van der Waals surface area contributed by atoms with Gasteiger partial charge in [0.25, 0.3) is 0 Å². The summed E-state index contributed by atoms with van der Waals surface area (Å²) in [5, 5.41) is 0.716. The van der Waals surface area contributed by atoms with Crippen molar-refractivity contribution in [1.29, 1.82) is 0 Å². The van der Waals surface area contributed by atoms with Gasteiger partial charge in [-0.15, -0.1) is 11.3 Å². The zero-order chi connectivity index (χ0) is 14.4. The zero-order valence-electron chi connectivity index (χ0n) is 11.3. The molecule has 0 bridgehead atoms. The molecule has 6 heteroatoms. The van der Waals surface area contributed by atoms with Crippen LogP contribution in [0.4, 0.5) is 0 Å². The van der Waals surface area contributed by atoms with Gasteiger partial charge in [-0.2, -0.15) is 0 Å². The fraction of sp³-hybridized carbons (Fsp3) is 0.357. The van der Waals surface area contributed by atoms with E-state index in [-0.39, 0.29) is 12.3 Å². The summed E-state index contributed by atoms with van der Waals surface area (Å²) in [6.07, 6.45) is 10.5. The van der Waals surface area contributed by atoms with Crippen molar-refractivity contribution in [3.05, 3.63) is 33.9 Å². The zero-order valence-corrected chi connectivity index (χ0v) is 12.2. The summed E-state index contributed by atoms with van der Waals surface area (Å²) in [5.74, 6) is 1.12. The second kappa shape index (κ2) is 7.00. The molecule has 0 aliphatic carbocycles. The van der Waals surface area contributed by atoms with Crippen LogP contribution in [0.1, 0.15) is 41.3 Å². The van der Waals surface area contributed by atoms with E-state index in [0.717, 1.165) is 29.9 Å². The molecule has 2 aromatic rings. The molecule has 0 saturated carbocycles. The molecule has 2 N–H and O–H groups in total. The molecule has 0 aliphatic heterocycles. The molecular formula is C14H17N3O2S. The van der Waals surface area contributed by atoms with Gasteiger partial charge in [-0.25, -0.2) is 9.97 Å². The number of aryl methyl sites for hydroxylation is 1. The highest BCUT2D eigenvalue weighted by atomic mass is 32.1. The van der Waals surface area contributed by atoms with Crippen LogP contribution in [-0.4, -0.2) is 15.9 Å². The predicted molar refractivity (Wildman–Crippen MR) is 79.1 cm³/mol. The summed E-state index contributed by atoms with van der Waals surface area (Å²) >= 11 is 1.43. The number of rotatable bonds is 7. The minimum atomic E-state index is -0.372. The number of aromatic nitrogens is 2. The summed E-state index contributed by atoms with van der Waals surface area (Å²) in [7, 11) is 0. The van der Waals surface area contributed by atoms with E-state index in [1.165, 1.54) is 11.3 Å². The minimum Gasteiger partial charge on any atom is -0.442 e. The third-order valence-electron chi connectivity index (χ3n) is 2.64. The third-order valence-corrected chi connectivity index (χ3v) is 3.60. The molecule has 106 valence electrons. The lowest BCUT2D eigenvalue weighted by molar-refractivity contribution is -0.117. The van der Waals surface area contributed by atoms with Crippen molar-refractivity contribution >= 4 is 29.4 Å². The van der Waals surface area contributed by atoms with Gasteiger partial charge in [0.1, 0.15) is 10.8 Å². The molecule has 0 radical (unpaired) electrons. The molecule has 2 aromatic heterocycles. The fourth-order valence-electron chi connectivity index (χ4n) is 1.65. The van der Waals surface area contributed by atoms with Crippen molar-refractivity contribution in [2.24, 2.45) is 5.73 Å². The van der Waals surface area contributed by atoms with E-state index in [0.29, 0.717) is 10.9 Å². The molecule has 2 rings (SSSR count). The Hall–Kier alpha value is -1.95. The van der Waals surface area contributed by atoms with Crippen molar-refractivity contribution in [2.75, 3.05) is 0 Å². The van der Waals surface area contributed by atoms with Crippen LogP contribution in [0.25, 0.3) is 12.2 Å². The van der Waals surface area contributed by atoms with E-state index in [2.05, 4.69) is 16.9 Å². The maximum absolute atomic E-state index is 10.8. The lowest BCUT2D eigenvalue weighted by atomic mass is 10.2. The maximum atomic E-state index is 10.8. The first-order valence-corrected chi connectivity index (χ1v) is 7.35. The van der Waals surface area contributed by atoms with Gasteiger partial charge in [-0.1, -0.05) is 13.3 Å². The highest BCUT2D eigenvalue weighted by Crippen LogP contribution is 2.17. The Morgan fingerprint density at radius 2 is 2.25 bits per heavy atom. The summed E-state index contributed by atoms with van der Waals surface area (Å²) < 4.78 is 5.59. The molecule has 5 nitrogen and oxygen atoms in total. The van der Waals surface area contributed by atoms with Crippen LogP contribution >= 0.6 is 11.3 Å². The second-order valence-electron chi connectivity index (χ2n) is 4.40. The Bertz CT molecular complexity index is 601. The Morgan fingerprint density at radius 3 is 3.00 bits per heavy atom. The topological polar surface area (TPSA) is 82.0 Å². The van der Waals surface area contributed by atoms with E-state index in [1.807, 2.05) is 6.08 Å². The summed E-state index contributed by atoms with van der Waals surface area (Å²) in [6, 6.07) is 0. The average molecular weight is 291 g/mol. The predicted octanol–water partition coefficient (Wildman–Crippen LogP) is 2.67. The normalized spacial score (nSPS) is 11.2. The first-order chi connectivity index (χ1) is 9.67. The number of primary amides is 1. The standard InChI is InChI=1S/C14H17N3O2S/c1-2-3-4-10-8-16-13(19-10)6-5-11-9-17-14(20-11)7-12(15)18/h5-6,8-9H,2-4,7H2,1H3,(H2,15,18)/b6-5+. The monoisotopic (exact) mass is 291 g/mol. The van der Waals surface area contributed by atoms with Crippen molar-refractivity contribution in [2.45, 2.75) is 32.6 Å². The lowest BCUT2D eigenvalue weighted by Gasteiger charge is -1.90. The van der Waals surface area contributed by atoms with E-state index in [1.54, 1.807) is 18.5 Å². The molecule has 0 spiro atoms. The Kier molecular flexibility index (Phi) is 5.06. The van der Waals surface area contributed by atoms with E-state index < -0.39 is 0 Å². The first-order valence-electron chi connectivity index (χ1n) is 6.53. The molecule has 20 heavy (non-hydrogen) atoms. The minimum absolute atomic E-state index is 0.179. The van der Waals surface area contributed by atoms with Crippen molar-refractivity contribution < 1.29 is 9.21 Å². The smallest absolute Gasteiger partial charge is 0.224 e. The van der Waals surface area contributed by atoms with Gasteiger partial charge in [0, 0.05) is 23.6 Å². The summed E-state index contributed by atoms with van der Waals surface area (Å²) in [6.45, 7) is 2.14. The van der Waals surface area contributed by atoms with E-state index in [4.69, 9.17) is 10.2 Å². The number of carbonyl (C=O) groups is 1. The quantitative estimate of drug-likeness (QED) is 0.850. The number of nitrogens with zero attached hydrogens (tertiary/aromatic N) is 2. The van der Waals surface area contributed by atoms with Crippen molar-refractivity contribution in [3.8, 4) is 0 Å². The molecule has 0 aliphatic rings. The van der Waals surface area contributed by atoms with Gasteiger partial charge in [0.05, 0.1) is 12.6 Å². The van der Waals surface area contributed by atoms with Gasteiger partial charge < -0.3 is 10.2 Å². The Balaban J connectivity index is 1.96. The summed E-state index contributed by atoms with van der Waals surface area (Å²) in [4.78, 5) is 20.1. The Morgan fingerprint density at radius 1 is 1.40 bits per heavy atom. The van der Waals surface area contributed by atoms with Crippen LogP contribution in [0.15, 0.2) is 16.8 Å². The molecule has 0 atom stereocenters. The molecular weight excluding hydrogens is 274 g/mol. The van der Waals surface area contributed by atoms with Gasteiger partial charge in [-0.05, 0) is 12.5 Å². The number of carbonyl (C=O) groups excluding carboxylic acids is 1. The molecule has 1 amide bonds. The van der Waals surface area contributed by atoms with Gasteiger partial charge >= 0.3 is 0 Å². The molecule has 2 heterocycles. The average Bonchev–Trinajstić information content (AvgIpc) is 3.02. The SMILES string of the molecule is CCCCc1cnc(/C=C/c2cnc(CC(N)=O)s2)o1. The molecule has 0 aromatic carbocycles. The number of oxazole rings is 1. The number of nitrogens with two attached hydrogens (primary N) is 1. The fourth-order valence-corrected chi connectivity index (χ4v) is 2.49. The van der Waals surface area contributed by atoms with Crippen LogP contribution in [0.5, 0.6) is 0 Å². The Labute approximate surface area is 121 Å². The van der Waals surface area contributed by atoms with Gasteiger partial charge in [-0.3, -0.25) is 4.79 Å². The van der Waals surface area contributed by atoms with Gasteiger partial charge in [0.15, 0.2) is 0 Å². The van der Waals surface area contributed by atoms with Crippen molar-refractivity contribution in [1.82, 2.24) is 9.97 Å². The first kappa shape index (κ1) is 14.5. The van der Waals surface area contributed by atoms with Crippen LogP contribution < -0.4 is 5.73 Å². The van der Waals surface area contributed by atoms with E-state index in [9.17, 15) is 4.79 Å². The van der Waals surface area contributed by atoms with Crippen LogP contribution in [-0.2, 0) is 17.6 Å². The van der Waals surface area contributed by atoms with Crippen LogP contribution in [0.3, 0.4) is 0 Å². The number of thiazole rings is 1. The maximum Gasteiger partial charge on any atom is 0.224 e. The highest BCUT2D eigenvalue weighted by molar-refractivity contribution is 7.12. The van der Waals surface area contributed by atoms with E-state index >= 15 is 0 Å². The van der Waals surface area contributed by atoms with Gasteiger partial charge in [0.2, 0.25) is 11.8 Å². The van der Waals surface area contributed by atoms with Crippen LogP contribution in [0, 0.1) is 0 Å². The largest absolute Gasteiger partial charge is 0.442 e. The number of unbranched alkanes of at least 4 members (excludes halogenated alkanes) is 1. The molecule has 0 unspecified atom stereocenters. The van der Waals surface area contributed by atoms with Crippen molar-refractivity contribution in [3.63, 3.8) is 0 Å². The van der Waals surface area contributed by atoms with Crippen LogP contribution in [0.2, 0.25) is 0 Å². The number of hydrogen-bond acceptors (Lipinski definition) is 5. The highest BCUT2D eigenvalue weighted by Gasteiger charge is 2.04. The third kappa shape index (κ3) is 4.31.